The minimum absolute atomic E-state index is 0.994. The normalized spacial score (nSPS) is 13.3. The molecule has 0 N–H and O–H groups in total. The van der Waals surface area contributed by atoms with Gasteiger partial charge in [0, 0.05) is 41.9 Å². The summed E-state index contributed by atoms with van der Waals surface area (Å²) >= 11 is 3.76. The molecule has 0 fully saturated rings. The van der Waals surface area contributed by atoms with Crippen molar-refractivity contribution in [2.45, 2.75) is 12.8 Å². The summed E-state index contributed by atoms with van der Waals surface area (Å²) in [4.78, 5) is 5.66. The van der Waals surface area contributed by atoms with Crippen LogP contribution in [0.4, 0.5) is 0 Å². The fourth-order valence-corrected chi connectivity index (χ4v) is 10.4. The number of benzene rings is 6. The largest absolute Gasteiger partial charge is 0.292 e. The Bertz CT molecular complexity index is 2960. The van der Waals surface area contributed by atoms with E-state index in [0.29, 0.717) is 0 Å². The number of hydrogen-bond donors (Lipinski definition) is 0. The third-order valence-corrected chi connectivity index (χ3v) is 12.3. The molecule has 6 aromatic carbocycles. The van der Waals surface area contributed by atoms with Gasteiger partial charge in [-0.25, -0.2) is 4.98 Å². The Hall–Kier alpha value is -5.29. The van der Waals surface area contributed by atoms with Gasteiger partial charge in [0.2, 0.25) is 0 Å². The molecule has 0 aliphatic heterocycles. The highest BCUT2D eigenvalue weighted by Gasteiger charge is 2.27. The zero-order valence-corrected chi connectivity index (χ0v) is 27.0. The number of allylic oxidation sites excluding steroid dienone is 1. The molecule has 0 saturated heterocycles. The Labute approximate surface area is 278 Å². The monoisotopic (exact) mass is 634 g/mol. The molecule has 0 atom stereocenters. The fraction of sp³-hybridized carbons (Fsp3) is 0.0465. The van der Waals surface area contributed by atoms with Gasteiger partial charge in [-0.1, -0.05) is 103 Å². The van der Waals surface area contributed by atoms with Crippen molar-refractivity contribution < 1.29 is 0 Å². The zero-order chi connectivity index (χ0) is 30.6. The smallest absolute Gasteiger partial charge is 0.146 e. The summed E-state index contributed by atoms with van der Waals surface area (Å²) in [5.74, 6) is 0.994. The van der Waals surface area contributed by atoms with Crippen molar-refractivity contribution in [1.29, 1.82) is 0 Å². The molecule has 2 nitrogen and oxygen atoms in total. The van der Waals surface area contributed by atoms with Crippen LogP contribution in [0.2, 0.25) is 0 Å². The Kier molecular flexibility index (Phi) is 5.29. The summed E-state index contributed by atoms with van der Waals surface area (Å²) in [5, 5.41) is 9.19. The van der Waals surface area contributed by atoms with Crippen molar-refractivity contribution in [3.63, 3.8) is 0 Å². The SMILES string of the molecule is C1=Cc2c(c3c4ccccc4n(-c4nc5c(cc4-c4ccccc4)sc4ccccc45)c3c3sc4cc5ccccc5cc4c23)CC1. The maximum Gasteiger partial charge on any atom is 0.146 e. The summed E-state index contributed by atoms with van der Waals surface area (Å²) in [6.07, 6.45) is 6.84. The van der Waals surface area contributed by atoms with Crippen molar-refractivity contribution in [1.82, 2.24) is 9.55 Å². The molecule has 1 aliphatic rings. The molecular formula is C43H26N2S2. The van der Waals surface area contributed by atoms with Crippen LogP contribution in [0.15, 0.2) is 127 Å². The van der Waals surface area contributed by atoms with Crippen LogP contribution in [0.3, 0.4) is 0 Å². The van der Waals surface area contributed by atoms with Gasteiger partial charge in [-0.05, 0) is 70.6 Å². The van der Waals surface area contributed by atoms with Gasteiger partial charge in [0.1, 0.15) is 5.82 Å². The lowest BCUT2D eigenvalue weighted by atomic mass is 9.89. The van der Waals surface area contributed by atoms with Gasteiger partial charge in [-0.15, -0.1) is 22.7 Å². The molecule has 0 saturated carbocycles. The van der Waals surface area contributed by atoms with E-state index in [-0.39, 0.29) is 0 Å². The topological polar surface area (TPSA) is 17.8 Å². The van der Waals surface area contributed by atoms with Gasteiger partial charge < -0.3 is 0 Å². The van der Waals surface area contributed by atoms with Crippen molar-refractivity contribution in [2.24, 2.45) is 0 Å². The summed E-state index contributed by atoms with van der Waals surface area (Å²) in [6.45, 7) is 0. The van der Waals surface area contributed by atoms with Crippen LogP contribution >= 0.6 is 22.7 Å². The summed E-state index contributed by atoms with van der Waals surface area (Å²) in [7, 11) is 0. The molecule has 0 radical (unpaired) electrons. The first-order valence-electron chi connectivity index (χ1n) is 16.2. The lowest BCUT2D eigenvalue weighted by Gasteiger charge is -2.17. The van der Waals surface area contributed by atoms with E-state index in [1.54, 1.807) is 0 Å². The number of para-hydroxylation sites is 1. The molecule has 0 spiro atoms. The first-order chi connectivity index (χ1) is 23.3. The van der Waals surface area contributed by atoms with E-state index in [1.165, 1.54) is 84.2 Å². The highest BCUT2D eigenvalue weighted by Crippen LogP contribution is 2.50. The van der Waals surface area contributed by atoms with E-state index in [1.807, 2.05) is 22.7 Å². The van der Waals surface area contributed by atoms with E-state index in [4.69, 9.17) is 4.98 Å². The summed E-state index contributed by atoms with van der Waals surface area (Å²) in [5.41, 5.74) is 8.75. The van der Waals surface area contributed by atoms with E-state index in [2.05, 4.69) is 138 Å². The van der Waals surface area contributed by atoms with Crippen molar-refractivity contribution in [2.75, 3.05) is 0 Å². The minimum Gasteiger partial charge on any atom is -0.292 e. The predicted molar refractivity (Wildman–Crippen MR) is 205 cm³/mol. The third-order valence-electron chi connectivity index (χ3n) is 10.0. The standard InChI is InChI=1S/C43H26N2S2/c1-2-12-25(13-3-1)32-24-37-40(31-19-9-11-21-35(31)46-37)44-43(32)45-34-20-10-8-18-30(34)38-28-16-6-7-17-29(28)39-33-22-26-14-4-5-15-27(26)23-36(33)47-42(39)41(38)45/h1-5,7-15,17-24H,6,16H2. The Morgan fingerprint density at radius 1 is 0.617 bits per heavy atom. The first-order valence-corrected chi connectivity index (χ1v) is 17.8. The second kappa shape index (κ2) is 9.62. The first kappa shape index (κ1) is 25.9. The van der Waals surface area contributed by atoms with Gasteiger partial charge in [0.25, 0.3) is 0 Å². The van der Waals surface area contributed by atoms with Crippen LogP contribution in [0.25, 0.3) is 96.1 Å². The summed E-state index contributed by atoms with van der Waals surface area (Å²) in [6, 6.07) is 44.5. The third kappa shape index (κ3) is 3.57. The fourth-order valence-electron chi connectivity index (χ4n) is 7.98. The number of aromatic nitrogens is 2. The van der Waals surface area contributed by atoms with Gasteiger partial charge in [0.15, 0.2) is 0 Å². The molecule has 47 heavy (non-hydrogen) atoms. The minimum atomic E-state index is 0.994. The number of rotatable bonds is 2. The number of fused-ring (bicyclic) bond motifs is 14. The Morgan fingerprint density at radius 3 is 2.28 bits per heavy atom. The molecule has 0 bridgehead atoms. The average molecular weight is 635 g/mol. The quantitative estimate of drug-likeness (QED) is 0.185. The van der Waals surface area contributed by atoms with E-state index < -0.39 is 0 Å². The number of nitrogens with zero attached hydrogens (tertiary/aromatic N) is 2. The van der Waals surface area contributed by atoms with Crippen molar-refractivity contribution in [3.05, 3.63) is 139 Å². The van der Waals surface area contributed by atoms with Crippen molar-refractivity contribution in [3.8, 4) is 16.9 Å². The van der Waals surface area contributed by atoms with Gasteiger partial charge in [-0.3, -0.25) is 4.57 Å². The van der Waals surface area contributed by atoms with Crippen LogP contribution in [-0.4, -0.2) is 9.55 Å². The molecule has 0 amide bonds. The highest BCUT2D eigenvalue weighted by molar-refractivity contribution is 7.27. The molecule has 10 aromatic rings. The van der Waals surface area contributed by atoms with Crippen LogP contribution in [0, 0.1) is 0 Å². The van der Waals surface area contributed by atoms with Gasteiger partial charge in [0.05, 0.1) is 25.9 Å². The molecule has 4 heterocycles. The van der Waals surface area contributed by atoms with Crippen LogP contribution < -0.4 is 0 Å². The molecule has 4 heteroatoms. The lowest BCUT2D eigenvalue weighted by molar-refractivity contribution is 1.00. The molecule has 220 valence electrons. The van der Waals surface area contributed by atoms with E-state index >= 15 is 0 Å². The number of aryl methyl sites for hydroxylation is 1. The van der Waals surface area contributed by atoms with E-state index in [9.17, 15) is 0 Å². The Morgan fingerprint density at radius 2 is 1.38 bits per heavy atom. The Balaban J connectivity index is 1.39. The van der Waals surface area contributed by atoms with Crippen LogP contribution in [0.5, 0.6) is 0 Å². The molecule has 1 aliphatic carbocycles. The predicted octanol–water partition coefficient (Wildman–Crippen LogP) is 12.7. The maximum absolute atomic E-state index is 5.66. The lowest BCUT2D eigenvalue weighted by Crippen LogP contribution is -2.02. The zero-order valence-electron chi connectivity index (χ0n) is 25.3. The average Bonchev–Trinajstić information content (AvgIpc) is 3.80. The van der Waals surface area contributed by atoms with Gasteiger partial charge >= 0.3 is 0 Å². The van der Waals surface area contributed by atoms with Crippen LogP contribution in [-0.2, 0) is 6.42 Å². The molecule has 0 unspecified atom stereocenters. The second-order valence-corrected chi connectivity index (χ2v) is 14.7. The number of hydrogen-bond acceptors (Lipinski definition) is 3. The second-order valence-electron chi connectivity index (χ2n) is 12.6. The molecular weight excluding hydrogens is 609 g/mol. The van der Waals surface area contributed by atoms with E-state index in [0.717, 1.165) is 29.7 Å². The molecule has 11 rings (SSSR count). The summed E-state index contributed by atoms with van der Waals surface area (Å²) < 4.78 is 7.67. The maximum atomic E-state index is 5.66. The highest BCUT2D eigenvalue weighted by atomic mass is 32.1. The van der Waals surface area contributed by atoms with Gasteiger partial charge in [-0.2, -0.15) is 0 Å². The number of thiophene rings is 2. The van der Waals surface area contributed by atoms with Crippen molar-refractivity contribution >= 4 is 102 Å². The van der Waals surface area contributed by atoms with Crippen LogP contribution in [0.1, 0.15) is 17.5 Å². The molecule has 4 aromatic heterocycles. The number of pyridine rings is 1.